The molecule has 1 atom stereocenters. The van der Waals surface area contributed by atoms with Crippen LogP contribution in [0.4, 0.5) is 29.5 Å². The van der Waals surface area contributed by atoms with Gasteiger partial charge in [0.15, 0.2) is 0 Å². The minimum Gasteiger partial charge on any atom is -0.465 e. The molecule has 1 fully saturated rings. The number of nitrogens with one attached hydrogen (secondary N) is 2. The minimum atomic E-state index is -4.55. The van der Waals surface area contributed by atoms with Gasteiger partial charge in [0.1, 0.15) is 5.82 Å². The lowest BCUT2D eigenvalue weighted by molar-refractivity contribution is -0.146. The summed E-state index contributed by atoms with van der Waals surface area (Å²) >= 11 is 0. The van der Waals surface area contributed by atoms with E-state index in [4.69, 9.17) is 9.84 Å². The van der Waals surface area contributed by atoms with Gasteiger partial charge < -0.3 is 20.1 Å². The van der Waals surface area contributed by atoms with Crippen molar-refractivity contribution in [3.05, 3.63) is 47.4 Å². The zero-order chi connectivity index (χ0) is 25.8. The van der Waals surface area contributed by atoms with Gasteiger partial charge in [0.2, 0.25) is 0 Å². The number of hydrogen-bond donors (Lipinski definition) is 3. The second-order valence-electron chi connectivity index (χ2n) is 8.10. The molecule has 0 spiro atoms. The van der Waals surface area contributed by atoms with E-state index in [1.807, 2.05) is 0 Å². The van der Waals surface area contributed by atoms with Gasteiger partial charge >= 0.3 is 24.1 Å². The first-order chi connectivity index (χ1) is 16.5. The number of carbonyl (C=O) groups is 3. The van der Waals surface area contributed by atoms with E-state index in [0.717, 1.165) is 18.9 Å². The summed E-state index contributed by atoms with van der Waals surface area (Å²) in [6.07, 6.45) is -2.33. The van der Waals surface area contributed by atoms with Crippen LogP contribution >= 0.6 is 0 Å². The fraction of sp³-hybridized carbons (Fsp3) is 0.409. The van der Waals surface area contributed by atoms with Crippen LogP contribution in [0.25, 0.3) is 0 Å². The molecule has 0 saturated heterocycles. The monoisotopic (exact) mass is 495 g/mol. The number of halogens is 3. The van der Waals surface area contributed by atoms with Gasteiger partial charge in [-0.05, 0) is 49.4 Å². The van der Waals surface area contributed by atoms with Gasteiger partial charge in [-0.1, -0.05) is 0 Å². The molecular weight excluding hydrogens is 471 g/mol. The largest absolute Gasteiger partial charge is 0.465 e. The van der Waals surface area contributed by atoms with Crippen LogP contribution in [0.5, 0.6) is 0 Å². The Labute approximate surface area is 198 Å². The van der Waals surface area contributed by atoms with E-state index < -0.39 is 35.7 Å². The Morgan fingerprint density at radius 3 is 2.43 bits per heavy atom. The normalized spacial score (nSPS) is 14.2. The van der Waals surface area contributed by atoms with Crippen molar-refractivity contribution in [2.45, 2.75) is 38.5 Å². The number of pyridine rings is 2. The van der Waals surface area contributed by atoms with Gasteiger partial charge in [0, 0.05) is 13.3 Å². The van der Waals surface area contributed by atoms with Gasteiger partial charge in [-0.3, -0.25) is 19.9 Å². The molecule has 0 radical (unpaired) electrons. The van der Waals surface area contributed by atoms with Crippen LogP contribution in [-0.4, -0.2) is 57.6 Å². The summed E-state index contributed by atoms with van der Waals surface area (Å²) in [5, 5.41) is 13.4. The fourth-order valence-corrected chi connectivity index (χ4v) is 3.52. The number of ether oxygens (including phenoxy) is 1. The quantitative estimate of drug-likeness (QED) is 0.479. The van der Waals surface area contributed by atoms with Crippen LogP contribution in [-0.2, 0) is 27.0 Å². The second-order valence-corrected chi connectivity index (χ2v) is 8.10. The molecule has 1 aliphatic rings. The number of aromatic nitrogens is 2. The third-order valence-corrected chi connectivity index (χ3v) is 5.40. The van der Waals surface area contributed by atoms with E-state index in [1.54, 1.807) is 6.92 Å². The molecule has 3 N–H and O–H groups in total. The summed E-state index contributed by atoms with van der Waals surface area (Å²) in [5.41, 5.74) is -0.156. The molecule has 1 saturated carbocycles. The number of anilines is 2. The lowest BCUT2D eigenvalue weighted by Crippen LogP contribution is -2.48. The van der Waals surface area contributed by atoms with Crippen molar-refractivity contribution < 1.29 is 37.4 Å². The fourth-order valence-electron chi connectivity index (χ4n) is 3.52. The zero-order valence-electron chi connectivity index (χ0n) is 18.9. The minimum absolute atomic E-state index is 0.0747. The lowest BCUT2D eigenvalue weighted by atomic mass is 10.1. The van der Waals surface area contributed by atoms with E-state index >= 15 is 0 Å². The second kappa shape index (κ2) is 10.7. The first-order valence-electron chi connectivity index (χ1n) is 10.6. The van der Waals surface area contributed by atoms with Crippen molar-refractivity contribution in [2.75, 3.05) is 24.4 Å². The van der Waals surface area contributed by atoms with Crippen molar-refractivity contribution in [3.63, 3.8) is 0 Å². The van der Waals surface area contributed by atoms with Crippen molar-refractivity contribution >= 4 is 29.4 Å². The third kappa shape index (κ3) is 6.88. The summed E-state index contributed by atoms with van der Waals surface area (Å²) < 4.78 is 43.8. The maximum atomic E-state index is 13.2. The van der Waals surface area contributed by atoms with Gasteiger partial charge in [0.25, 0.3) is 0 Å². The van der Waals surface area contributed by atoms with Crippen LogP contribution in [0.2, 0.25) is 0 Å². The predicted molar refractivity (Wildman–Crippen MR) is 117 cm³/mol. The molecule has 3 amide bonds. The predicted octanol–water partition coefficient (Wildman–Crippen LogP) is 3.29. The van der Waals surface area contributed by atoms with E-state index in [1.165, 1.54) is 30.3 Å². The summed E-state index contributed by atoms with van der Waals surface area (Å²) in [5.74, 6) is -1.73. The highest BCUT2D eigenvalue weighted by atomic mass is 19.4. The van der Waals surface area contributed by atoms with Crippen LogP contribution in [0.3, 0.4) is 0 Å². The number of amides is 3. The molecule has 10 nitrogen and oxygen atoms in total. The summed E-state index contributed by atoms with van der Waals surface area (Å²) in [6, 6.07) is 3.01. The van der Waals surface area contributed by atoms with Crippen LogP contribution < -0.4 is 10.6 Å². The molecular formula is C22H24F3N5O5. The Bertz CT molecular complexity index is 1090. The average molecular weight is 495 g/mol. The standard InChI is InChI=1S/C22H24F3N5O5/c1-12-7-16(9-27-18(12)29-21(33)34)28-19(31)20(32)30(17(11-35-2)13-3-4-13)10-15-6-5-14(8-26-15)22(23,24)25/h5-9,13,17H,3-4,10-11H2,1-2H3,(H,27,29)(H,28,31)(H,33,34). The van der Waals surface area contributed by atoms with Gasteiger partial charge in [-0.15, -0.1) is 0 Å². The highest BCUT2D eigenvalue weighted by Crippen LogP contribution is 2.36. The number of carboxylic acid groups (broad SMARTS) is 1. The zero-order valence-corrected chi connectivity index (χ0v) is 18.9. The van der Waals surface area contributed by atoms with E-state index in [-0.39, 0.29) is 36.3 Å². The van der Waals surface area contributed by atoms with Crippen molar-refractivity contribution in [2.24, 2.45) is 5.92 Å². The highest BCUT2D eigenvalue weighted by molar-refractivity contribution is 6.39. The molecule has 35 heavy (non-hydrogen) atoms. The SMILES string of the molecule is COCC(C1CC1)N(Cc1ccc(C(F)(F)F)cn1)C(=O)C(=O)Nc1cnc(NC(=O)O)c(C)c1. The number of nitrogens with zero attached hydrogens (tertiary/aromatic N) is 3. The summed E-state index contributed by atoms with van der Waals surface area (Å²) in [7, 11) is 1.45. The van der Waals surface area contributed by atoms with Gasteiger partial charge in [-0.2, -0.15) is 13.2 Å². The Balaban J connectivity index is 1.80. The number of carbonyl (C=O) groups excluding carboxylic acids is 2. The molecule has 0 bridgehead atoms. The van der Waals surface area contributed by atoms with E-state index in [0.29, 0.717) is 11.8 Å². The van der Waals surface area contributed by atoms with Gasteiger partial charge in [-0.25, -0.2) is 9.78 Å². The Morgan fingerprint density at radius 1 is 1.20 bits per heavy atom. The molecule has 2 heterocycles. The van der Waals surface area contributed by atoms with Gasteiger partial charge in [0.05, 0.1) is 42.3 Å². The van der Waals surface area contributed by atoms with Crippen molar-refractivity contribution in [1.82, 2.24) is 14.9 Å². The van der Waals surface area contributed by atoms with E-state index in [9.17, 15) is 27.6 Å². The number of aryl methyl sites for hydroxylation is 1. The first kappa shape index (κ1) is 25.9. The van der Waals surface area contributed by atoms with Crippen molar-refractivity contribution in [3.8, 4) is 0 Å². The number of rotatable bonds is 8. The number of alkyl halides is 3. The highest BCUT2D eigenvalue weighted by Gasteiger charge is 2.39. The Morgan fingerprint density at radius 2 is 1.91 bits per heavy atom. The summed E-state index contributed by atoms with van der Waals surface area (Å²) in [4.78, 5) is 45.8. The number of methoxy groups -OCH3 is 1. The molecule has 13 heteroatoms. The Kier molecular flexibility index (Phi) is 7.89. The molecule has 0 aromatic carbocycles. The lowest BCUT2D eigenvalue weighted by Gasteiger charge is -2.31. The van der Waals surface area contributed by atoms with Crippen molar-refractivity contribution in [1.29, 1.82) is 0 Å². The Hall–Kier alpha value is -3.74. The maximum absolute atomic E-state index is 13.2. The molecule has 2 aromatic heterocycles. The molecule has 188 valence electrons. The molecule has 0 aliphatic heterocycles. The topological polar surface area (TPSA) is 134 Å². The molecule has 2 aromatic rings. The van der Waals surface area contributed by atoms with Crippen LogP contribution in [0.1, 0.15) is 29.7 Å². The van der Waals surface area contributed by atoms with E-state index in [2.05, 4.69) is 20.6 Å². The first-order valence-corrected chi connectivity index (χ1v) is 10.6. The maximum Gasteiger partial charge on any atom is 0.417 e. The summed E-state index contributed by atoms with van der Waals surface area (Å²) in [6.45, 7) is 1.52. The van der Waals surface area contributed by atoms with Crippen LogP contribution in [0.15, 0.2) is 30.6 Å². The molecule has 1 unspecified atom stereocenters. The third-order valence-electron chi connectivity index (χ3n) is 5.40. The molecule has 1 aliphatic carbocycles. The smallest absolute Gasteiger partial charge is 0.417 e. The number of hydrogen-bond acceptors (Lipinski definition) is 6. The van der Waals surface area contributed by atoms with Crippen LogP contribution in [0, 0.1) is 12.8 Å². The molecule has 3 rings (SSSR count). The average Bonchev–Trinajstić information content (AvgIpc) is 3.62.